The number of carbonyl (C=O) groups excluding carboxylic acids is 2. The standard InChI is InChI=1S/C23H32F4N4O2/c1-14-19(24)21(26)22(27)23(20(14)25)31-12-10-30(11-13-31)9-8-15-2-4-16(5-3-15)29-18(33)7-6-17(28)32/h15-16H,2-13H2,1H3,(H2,28,32)(H,29,33). The Bertz CT molecular complexity index is 838. The van der Waals surface area contributed by atoms with Crippen molar-refractivity contribution < 1.29 is 27.2 Å². The van der Waals surface area contributed by atoms with Crippen LogP contribution in [-0.2, 0) is 9.59 Å². The van der Waals surface area contributed by atoms with Gasteiger partial charge in [0.25, 0.3) is 0 Å². The second kappa shape index (κ2) is 11.2. The van der Waals surface area contributed by atoms with Gasteiger partial charge in [-0.25, -0.2) is 17.6 Å². The first kappa shape index (κ1) is 25.3. The van der Waals surface area contributed by atoms with Gasteiger partial charge < -0.3 is 16.0 Å². The summed E-state index contributed by atoms with van der Waals surface area (Å²) >= 11 is 0. The number of carbonyl (C=O) groups is 2. The van der Waals surface area contributed by atoms with Gasteiger partial charge in [-0.1, -0.05) is 0 Å². The van der Waals surface area contributed by atoms with Gasteiger partial charge in [0.15, 0.2) is 23.3 Å². The Labute approximate surface area is 191 Å². The Morgan fingerprint density at radius 3 is 2.15 bits per heavy atom. The van der Waals surface area contributed by atoms with Gasteiger partial charge >= 0.3 is 0 Å². The lowest BCUT2D eigenvalue weighted by Gasteiger charge is -2.37. The molecule has 10 heteroatoms. The number of benzene rings is 1. The number of piperazine rings is 1. The summed E-state index contributed by atoms with van der Waals surface area (Å²) in [5, 5.41) is 2.97. The lowest BCUT2D eigenvalue weighted by molar-refractivity contribution is -0.125. The first-order valence-corrected chi connectivity index (χ1v) is 11.5. The highest BCUT2D eigenvalue weighted by molar-refractivity contribution is 5.82. The molecule has 33 heavy (non-hydrogen) atoms. The summed E-state index contributed by atoms with van der Waals surface area (Å²) in [6.45, 7) is 3.80. The average Bonchev–Trinajstić information content (AvgIpc) is 2.80. The van der Waals surface area contributed by atoms with Crippen molar-refractivity contribution >= 4 is 17.5 Å². The van der Waals surface area contributed by atoms with Gasteiger partial charge in [-0.15, -0.1) is 0 Å². The Morgan fingerprint density at radius 1 is 0.909 bits per heavy atom. The Kier molecular flexibility index (Phi) is 8.56. The minimum atomic E-state index is -1.63. The van der Waals surface area contributed by atoms with E-state index in [0.29, 0.717) is 32.1 Å². The van der Waals surface area contributed by atoms with E-state index < -0.39 is 40.4 Å². The second-order valence-corrected chi connectivity index (χ2v) is 9.10. The third kappa shape index (κ3) is 6.37. The molecule has 1 aromatic rings. The van der Waals surface area contributed by atoms with Crippen molar-refractivity contribution in [1.82, 2.24) is 10.2 Å². The van der Waals surface area contributed by atoms with Crippen molar-refractivity contribution in [2.75, 3.05) is 37.6 Å². The van der Waals surface area contributed by atoms with E-state index in [1.54, 1.807) is 0 Å². The summed E-state index contributed by atoms with van der Waals surface area (Å²) in [5.41, 5.74) is 4.07. The van der Waals surface area contributed by atoms with E-state index in [1.165, 1.54) is 4.90 Å². The van der Waals surface area contributed by atoms with Gasteiger partial charge in [0.1, 0.15) is 5.69 Å². The molecule has 2 amide bonds. The summed E-state index contributed by atoms with van der Waals surface area (Å²) in [6.07, 6.45) is 4.98. The number of primary amides is 1. The summed E-state index contributed by atoms with van der Waals surface area (Å²) in [4.78, 5) is 26.3. The van der Waals surface area contributed by atoms with Crippen LogP contribution < -0.4 is 16.0 Å². The van der Waals surface area contributed by atoms with Crippen LogP contribution in [0.15, 0.2) is 0 Å². The van der Waals surface area contributed by atoms with Crippen molar-refractivity contribution in [3.8, 4) is 0 Å². The van der Waals surface area contributed by atoms with Gasteiger partial charge in [-0.2, -0.15) is 0 Å². The molecule has 6 nitrogen and oxygen atoms in total. The highest BCUT2D eigenvalue weighted by Crippen LogP contribution is 2.32. The molecule has 0 unspecified atom stereocenters. The van der Waals surface area contributed by atoms with Crippen LogP contribution in [0.3, 0.4) is 0 Å². The summed E-state index contributed by atoms with van der Waals surface area (Å²) in [7, 11) is 0. The fraction of sp³-hybridized carbons (Fsp3) is 0.652. The maximum Gasteiger partial charge on any atom is 0.220 e. The highest BCUT2D eigenvalue weighted by atomic mass is 19.2. The number of hydrogen-bond donors (Lipinski definition) is 2. The molecule has 1 saturated heterocycles. The number of nitrogens with two attached hydrogens (primary N) is 1. The van der Waals surface area contributed by atoms with Crippen LogP contribution in [0.25, 0.3) is 0 Å². The van der Waals surface area contributed by atoms with E-state index in [-0.39, 0.29) is 24.8 Å². The molecule has 0 bridgehead atoms. The fourth-order valence-electron chi connectivity index (χ4n) is 4.71. The maximum absolute atomic E-state index is 14.4. The molecule has 3 rings (SSSR count). The first-order chi connectivity index (χ1) is 15.7. The number of hydrogen-bond acceptors (Lipinski definition) is 4. The lowest BCUT2D eigenvalue weighted by Crippen LogP contribution is -2.47. The quantitative estimate of drug-likeness (QED) is 0.346. The predicted octanol–water partition coefficient (Wildman–Crippen LogP) is 3.00. The van der Waals surface area contributed by atoms with Crippen molar-refractivity contribution in [2.24, 2.45) is 11.7 Å². The van der Waals surface area contributed by atoms with Crippen molar-refractivity contribution in [1.29, 1.82) is 0 Å². The molecule has 2 aliphatic rings. The van der Waals surface area contributed by atoms with E-state index >= 15 is 0 Å². The monoisotopic (exact) mass is 472 g/mol. The van der Waals surface area contributed by atoms with E-state index in [2.05, 4.69) is 10.2 Å². The number of rotatable bonds is 8. The number of nitrogens with zero attached hydrogens (tertiary/aromatic N) is 2. The number of amides is 2. The molecule has 184 valence electrons. The van der Waals surface area contributed by atoms with Crippen LogP contribution in [0.5, 0.6) is 0 Å². The van der Waals surface area contributed by atoms with Gasteiger partial charge in [0, 0.05) is 50.6 Å². The van der Waals surface area contributed by atoms with Gasteiger partial charge in [0.05, 0.1) is 0 Å². The second-order valence-electron chi connectivity index (χ2n) is 9.10. The number of anilines is 1. The van der Waals surface area contributed by atoms with Crippen LogP contribution >= 0.6 is 0 Å². The minimum Gasteiger partial charge on any atom is -0.370 e. The molecule has 1 heterocycles. The fourth-order valence-corrected chi connectivity index (χ4v) is 4.71. The predicted molar refractivity (Wildman–Crippen MR) is 117 cm³/mol. The largest absolute Gasteiger partial charge is 0.370 e. The highest BCUT2D eigenvalue weighted by Gasteiger charge is 2.29. The van der Waals surface area contributed by atoms with Gasteiger partial charge in [0.2, 0.25) is 11.8 Å². The first-order valence-electron chi connectivity index (χ1n) is 11.5. The smallest absolute Gasteiger partial charge is 0.220 e. The SMILES string of the molecule is Cc1c(F)c(F)c(F)c(N2CCN(CCC3CCC(NC(=O)CCC(N)=O)CC3)CC2)c1F. The molecule has 3 N–H and O–H groups in total. The number of halogens is 4. The normalized spacial score (nSPS) is 21.8. The number of nitrogens with one attached hydrogen (secondary N) is 1. The van der Waals surface area contributed by atoms with E-state index in [4.69, 9.17) is 5.73 Å². The summed E-state index contributed by atoms with van der Waals surface area (Å²) in [5.74, 6) is -5.70. The molecule has 1 aliphatic heterocycles. The molecule has 1 aromatic carbocycles. The van der Waals surface area contributed by atoms with Crippen LogP contribution in [0.1, 0.15) is 50.5 Å². The van der Waals surface area contributed by atoms with Crippen molar-refractivity contribution in [3.63, 3.8) is 0 Å². The molecule has 0 aromatic heterocycles. The van der Waals surface area contributed by atoms with E-state index in [1.807, 2.05) is 0 Å². The molecule has 0 spiro atoms. The Hall–Kier alpha value is -2.36. The molecule has 2 fully saturated rings. The van der Waals surface area contributed by atoms with E-state index in [0.717, 1.165) is 45.6 Å². The minimum absolute atomic E-state index is 0.0590. The molecule has 1 aliphatic carbocycles. The third-order valence-electron chi connectivity index (χ3n) is 6.81. The van der Waals surface area contributed by atoms with Crippen LogP contribution in [0.4, 0.5) is 23.2 Å². The van der Waals surface area contributed by atoms with Crippen LogP contribution in [0.2, 0.25) is 0 Å². The van der Waals surface area contributed by atoms with Crippen LogP contribution in [-0.4, -0.2) is 55.5 Å². The Balaban J connectivity index is 1.40. The molecule has 1 saturated carbocycles. The maximum atomic E-state index is 14.4. The van der Waals surface area contributed by atoms with Crippen molar-refractivity contribution in [3.05, 3.63) is 28.8 Å². The summed E-state index contributed by atoms with van der Waals surface area (Å²) in [6, 6.07) is 0.134. The zero-order valence-electron chi connectivity index (χ0n) is 18.9. The zero-order chi connectivity index (χ0) is 24.1. The topological polar surface area (TPSA) is 78.7 Å². The Morgan fingerprint density at radius 2 is 1.55 bits per heavy atom. The van der Waals surface area contributed by atoms with Gasteiger partial charge in [-0.3, -0.25) is 14.5 Å². The van der Waals surface area contributed by atoms with Crippen LogP contribution in [0, 0.1) is 36.1 Å². The molecule has 0 radical (unpaired) electrons. The van der Waals surface area contributed by atoms with Crippen molar-refractivity contribution in [2.45, 2.75) is 57.9 Å². The molecular weight excluding hydrogens is 440 g/mol. The summed E-state index contributed by atoms with van der Waals surface area (Å²) < 4.78 is 56.0. The van der Waals surface area contributed by atoms with E-state index in [9.17, 15) is 27.2 Å². The molecular formula is C23H32F4N4O2. The third-order valence-corrected chi connectivity index (χ3v) is 6.81. The molecule has 0 atom stereocenters. The average molecular weight is 473 g/mol. The van der Waals surface area contributed by atoms with Gasteiger partial charge in [-0.05, 0) is 51.5 Å². The lowest BCUT2D eigenvalue weighted by atomic mass is 9.84. The zero-order valence-corrected chi connectivity index (χ0v) is 18.9.